The van der Waals surface area contributed by atoms with Gasteiger partial charge in [0, 0.05) is 6.54 Å². The second-order valence-corrected chi connectivity index (χ2v) is 4.33. The van der Waals surface area contributed by atoms with Gasteiger partial charge < -0.3 is 16.4 Å². The number of anilines is 1. The number of unbranched alkanes of at least 4 members (excludes halogenated alkanes) is 2. The summed E-state index contributed by atoms with van der Waals surface area (Å²) in [5.41, 5.74) is 5.59. The highest BCUT2D eigenvalue weighted by Gasteiger charge is 2.16. The molecule has 6 heteroatoms. The van der Waals surface area contributed by atoms with E-state index in [1.165, 1.54) is 12.1 Å². The van der Waals surface area contributed by atoms with Crippen LogP contribution in [0.1, 0.15) is 36.5 Å². The van der Waals surface area contributed by atoms with E-state index in [0.717, 1.165) is 19.3 Å². The van der Waals surface area contributed by atoms with Gasteiger partial charge in [0.25, 0.3) is 5.91 Å². The lowest BCUT2D eigenvalue weighted by molar-refractivity contribution is -0.136. The average molecular weight is 277 g/mol. The number of hydrogen-bond acceptors (Lipinski definition) is 3. The summed E-state index contributed by atoms with van der Waals surface area (Å²) in [5, 5.41) is 4.90. The summed E-state index contributed by atoms with van der Waals surface area (Å²) >= 11 is 0. The lowest BCUT2D eigenvalue weighted by atomic mass is 10.1. The number of nitrogens with two attached hydrogens (primary N) is 1. The minimum atomic E-state index is -0.810. The van der Waals surface area contributed by atoms with Gasteiger partial charge in [0.2, 0.25) is 0 Å². The quantitative estimate of drug-likeness (QED) is 0.534. The van der Waals surface area contributed by atoms with E-state index >= 15 is 0 Å². The number of rotatable bonds is 6. The Hall–Kier alpha value is -2.37. The molecular formula is C14H19N3O3. The van der Waals surface area contributed by atoms with Crippen LogP contribution in [0.3, 0.4) is 0 Å². The molecule has 0 aliphatic rings. The highest BCUT2D eigenvalue weighted by atomic mass is 16.2. The Morgan fingerprint density at radius 2 is 1.80 bits per heavy atom. The fourth-order valence-electron chi connectivity index (χ4n) is 1.64. The van der Waals surface area contributed by atoms with Crippen molar-refractivity contribution in [3.05, 3.63) is 29.8 Å². The van der Waals surface area contributed by atoms with E-state index < -0.39 is 17.7 Å². The molecule has 0 fully saturated rings. The largest absolute Gasteiger partial charge is 0.366 e. The van der Waals surface area contributed by atoms with E-state index in [1.54, 1.807) is 12.1 Å². The van der Waals surface area contributed by atoms with Gasteiger partial charge >= 0.3 is 11.8 Å². The molecule has 0 aromatic heterocycles. The first-order valence-corrected chi connectivity index (χ1v) is 6.54. The van der Waals surface area contributed by atoms with Crippen molar-refractivity contribution in [3.8, 4) is 0 Å². The van der Waals surface area contributed by atoms with Crippen LogP contribution in [0.4, 0.5) is 5.69 Å². The van der Waals surface area contributed by atoms with E-state index in [0.29, 0.717) is 6.54 Å². The normalized spacial score (nSPS) is 9.85. The van der Waals surface area contributed by atoms with Gasteiger partial charge in [0.05, 0.1) is 11.3 Å². The van der Waals surface area contributed by atoms with Crippen LogP contribution in [0.15, 0.2) is 24.3 Å². The molecule has 0 radical (unpaired) electrons. The van der Waals surface area contributed by atoms with Crippen LogP contribution >= 0.6 is 0 Å². The third kappa shape index (κ3) is 4.72. The standard InChI is InChI=1S/C14H19N3O3/c1-2-3-6-9-16-13(19)14(20)17-11-8-5-4-7-10(11)12(15)18/h4-5,7-8H,2-3,6,9H2,1H3,(H2,15,18)(H,16,19)(H,17,20). The zero-order valence-corrected chi connectivity index (χ0v) is 11.4. The van der Waals surface area contributed by atoms with Crippen LogP contribution in [-0.2, 0) is 9.59 Å². The van der Waals surface area contributed by atoms with Crippen molar-refractivity contribution in [2.75, 3.05) is 11.9 Å². The molecule has 6 nitrogen and oxygen atoms in total. The molecule has 0 unspecified atom stereocenters. The summed E-state index contributed by atoms with van der Waals surface area (Å²) < 4.78 is 0. The molecule has 0 aliphatic carbocycles. The molecule has 4 N–H and O–H groups in total. The summed E-state index contributed by atoms with van der Waals surface area (Å²) in [6.45, 7) is 2.51. The zero-order valence-electron chi connectivity index (χ0n) is 11.4. The number of nitrogens with one attached hydrogen (secondary N) is 2. The summed E-state index contributed by atoms with van der Waals surface area (Å²) in [7, 11) is 0. The monoisotopic (exact) mass is 277 g/mol. The van der Waals surface area contributed by atoms with Crippen LogP contribution in [0.25, 0.3) is 0 Å². The number of carbonyl (C=O) groups excluding carboxylic acids is 3. The van der Waals surface area contributed by atoms with Gasteiger partial charge in [-0.25, -0.2) is 0 Å². The van der Waals surface area contributed by atoms with E-state index in [4.69, 9.17) is 5.73 Å². The Morgan fingerprint density at radius 3 is 2.45 bits per heavy atom. The van der Waals surface area contributed by atoms with E-state index in [2.05, 4.69) is 17.6 Å². The fourth-order valence-corrected chi connectivity index (χ4v) is 1.64. The summed E-state index contributed by atoms with van der Waals surface area (Å²) in [5.74, 6) is -2.19. The maximum absolute atomic E-state index is 11.7. The maximum Gasteiger partial charge on any atom is 0.313 e. The number of benzene rings is 1. The van der Waals surface area contributed by atoms with Crippen molar-refractivity contribution >= 4 is 23.4 Å². The Labute approximate surface area is 117 Å². The number of amides is 3. The minimum Gasteiger partial charge on any atom is -0.366 e. The Bertz CT molecular complexity index is 500. The Kier molecular flexibility index (Phi) is 6.22. The second-order valence-electron chi connectivity index (χ2n) is 4.33. The van der Waals surface area contributed by atoms with Crippen LogP contribution in [0.2, 0.25) is 0 Å². The predicted molar refractivity (Wildman–Crippen MR) is 76.1 cm³/mol. The molecule has 0 aliphatic heterocycles. The van der Waals surface area contributed by atoms with E-state index in [-0.39, 0.29) is 11.3 Å². The van der Waals surface area contributed by atoms with Crippen LogP contribution in [-0.4, -0.2) is 24.3 Å². The summed E-state index contributed by atoms with van der Waals surface area (Å²) in [6.07, 6.45) is 2.86. The van der Waals surface area contributed by atoms with Crippen molar-refractivity contribution in [1.82, 2.24) is 5.32 Å². The molecule has 0 heterocycles. The van der Waals surface area contributed by atoms with Crippen molar-refractivity contribution < 1.29 is 14.4 Å². The molecule has 1 rings (SSSR count). The molecule has 0 saturated carbocycles. The van der Waals surface area contributed by atoms with Gasteiger partial charge in [0.15, 0.2) is 0 Å². The van der Waals surface area contributed by atoms with E-state index in [9.17, 15) is 14.4 Å². The van der Waals surface area contributed by atoms with Gasteiger partial charge in [-0.3, -0.25) is 14.4 Å². The van der Waals surface area contributed by atoms with Gasteiger partial charge in [-0.2, -0.15) is 0 Å². The van der Waals surface area contributed by atoms with Crippen molar-refractivity contribution in [1.29, 1.82) is 0 Å². The third-order valence-corrected chi connectivity index (χ3v) is 2.71. The van der Waals surface area contributed by atoms with Crippen molar-refractivity contribution in [2.45, 2.75) is 26.2 Å². The molecule has 1 aromatic carbocycles. The second kappa shape index (κ2) is 7.93. The number of carbonyl (C=O) groups is 3. The molecule has 3 amide bonds. The number of para-hydroxylation sites is 1. The number of hydrogen-bond donors (Lipinski definition) is 3. The molecule has 0 saturated heterocycles. The maximum atomic E-state index is 11.7. The molecule has 0 bridgehead atoms. The lowest BCUT2D eigenvalue weighted by Crippen LogP contribution is -2.36. The first kappa shape index (κ1) is 15.7. The topological polar surface area (TPSA) is 101 Å². The first-order chi connectivity index (χ1) is 9.56. The average Bonchev–Trinajstić information content (AvgIpc) is 2.43. The van der Waals surface area contributed by atoms with Gasteiger partial charge in [0.1, 0.15) is 0 Å². The zero-order chi connectivity index (χ0) is 15.0. The highest BCUT2D eigenvalue weighted by molar-refractivity contribution is 6.40. The van der Waals surface area contributed by atoms with Crippen LogP contribution in [0.5, 0.6) is 0 Å². The summed E-state index contributed by atoms with van der Waals surface area (Å²) in [4.78, 5) is 34.4. The molecular weight excluding hydrogens is 258 g/mol. The Morgan fingerprint density at radius 1 is 1.10 bits per heavy atom. The van der Waals surface area contributed by atoms with Gasteiger partial charge in [-0.15, -0.1) is 0 Å². The highest BCUT2D eigenvalue weighted by Crippen LogP contribution is 2.13. The molecule has 0 spiro atoms. The summed E-state index contributed by atoms with van der Waals surface area (Å²) in [6, 6.07) is 6.27. The number of primary amides is 1. The SMILES string of the molecule is CCCCCNC(=O)C(=O)Nc1ccccc1C(N)=O. The van der Waals surface area contributed by atoms with Gasteiger partial charge in [-0.1, -0.05) is 31.9 Å². The fraction of sp³-hybridized carbons (Fsp3) is 0.357. The van der Waals surface area contributed by atoms with Crippen molar-refractivity contribution in [3.63, 3.8) is 0 Å². The third-order valence-electron chi connectivity index (χ3n) is 2.71. The predicted octanol–water partition coefficient (Wildman–Crippen LogP) is 1.03. The van der Waals surface area contributed by atoms with E-state index in [1.807, 2.05) is 0 Å². The van der Waals surface area contributed by atoms with Crippen LogP contribution in [0, 0.1) is 0 Å². The molecule has 0 atom stereocenters. The van der Waals surface area contributed by atoms with Gasteiger partial charge in [-0.05, 0) is 18.6 Å². The smallest absolute Gasteiger partial charge is 0.313 e. The lowest BCUT2D eigenvalue weighted by Gasteiger charge is -2.08. The Balaban J connectivity index is 2.58. The minimum absolute atomic E-state index is 0.166. The van der Waals surface area contributed by atoms with Crippen LogP contribution < -0.4 is 16.4 Å². The molecule has 108 valence electrons. The van der Waals surface area contributed by atoms with Crippen molar-refractivity contribution in [2.24, 2.45) is 5.73 Å². The first-order valence-electron chi connectivity index (χ1n) is 6.54. The molecule has 20 heavy (non-hydrogen) atoms. The molecule has 1 aromatic rings.